The van der Waals surface area contributed by atoms with Crippen LogP contribution in [0, 0.1) is 6.92 Å². The molecule has 0 aliphatic rings. The Hall–Kier alpha value is -1.23. The molecule has 1 heterocycles. The predicted molar refractivity (Wildman–Crippen MR) is 52.5 cm³/mol. The first-order valence-electron chi connectivity index (χ1n) is 4.22. The zero-order valence-corrected chi connectivity index (χ0v) is 8.20. The van der Waals surface area contributed by atoms with Crippen molar-refractivity contribution in [3.05, 3.63) is 5.69 Å². The molecule has 1 aromatic rings. The van der Waals surface area contributed by atoms with Gasteiger partial charge in [-0.05, 0) is 13.8 Å². The van der Waals surface area contributed by atoms with E-state index in [0.717, 1.165) is 11.5 Å². The lowest BCUT2D eigenvalue weighted by molar-refractivity contribution is 0.281. The van der Waals surface area contributed by atoms with Gasteiger partial charge in [0.2, 0.25) is 0 Å². The molecule has 13 heavy (non-hydrogen) atoms. The van der Waals surface area contributed by atoms with Gasteiger partial charge in [0.15, 0.2) is 0 Å². The van der Waals surface area contributed by atoms with Crippen molar-refractivity contribution >= 4 is 11.5 Å². The van der Waals surface area contributed by atoms with E-state index in [9.17, 15) is 0 Å². The molecule has 1 unspecified atom stereocenters. The number of nitrogens with zero attached hydrogens (tertiary/aromatic N) is 2. The van der Waals surface area contributed by atoms with Crippen molar-refractivity contribution in [3.8, 4) is 0 Å². The minimum atomic E-state index is -0.0166. The lowest BCUT2D eigenvalue weighted by Gasteiger charge is -2.12. The van der Waals surface area contributed by atoms with Gasteiger partial charge in [-0.1, -0.05) is 0 Å². The zero-order chi connectivity index (χ0) is 10.0. The SMILES string of the molecule is Cc1nn(C)c(NC(C)CO)c1N. The highest BCUT2D eigenvalue weighted by atomic mass is 16.3. The van der Waals surface area contributed by atoms with Crippen LogP contribution in [0.1, 0.15) is 12.6 Å². The van der Waals surface area contributed by atoms with Crippen molar-refractivity contribution in [1.29, 1.82) is 0 Å². The van der Waals surface area contributed by atoms with Gasteiger partial charge in [0.05, 0.1) is 18.0 Å². The van der Waals surface area contributed by atoms with E-state index < -0.39 is 0 Å². The average molecular weight is 184 g/mol. The number of aryl methyl sites for hydroxylation is 2. The molecule has 74 valence electrons. The highest BCUT2D eigenvalue weighted by Crippen LogP contribution is 2.21. The van der Waals surface area contributed by atoms with Crippen LogP contribution in [0.2, 0.25) is 0 Å². The van der Waals surface area contributed by atoms with Gasteiger partial charge in [-0.15, -0.1) is 0 Å². The second-order valence-electron chi connectivity index (χ2n) is 3.20. The lowest BCUT2D eigenvalue weighted by Crippen LogP contribution is -2.21. The topological polar surface area (TPSA) is 76.1 Å². The summed E-state index contributed by atoms with van der Waals surface area (Å²) in [5.41, 5.74) is 7.22. The number of hydrogen-bond acceptors (Lipinski definition) is 4. The first-order chi connectivity index (χ1) is 6.06. The third kappa shape index (κ3) is 1.92. The number of aromatic nitrogens is 2. The molecular formula is C8H16N4O. The van der Waals surface area contributed by atoms with Crippen molar-refractivity contribution in [2.24, 2.45) is 7.05 Å². The van der Waals surface area contributed by atoms with Crippen LogP contribution in [0.15, 0.2) is 0 Å². The number of anilines is 2. The van der Waals surface area contributed by atoms with Crippen LogP contribution in [-0.4, -0.2) is 27.5 Å². The van der Waals surface area contributed by atoms with Crippen LogP contribution in [0.3, 0.4) is 0 Å². The second kappa shape index (κ2) is 3.66. The molecule has 0 amide bonds. The Kier molecular flexibility index (Phi) is 2.77. The fourth-order valence-electron chi connectivity index (χ4n) is 1.12. The van der Waals surface area contributed by atoms with E-state index in [1.807, 2.05) is 20.9 Å². The summed E-state index contributed by atoms with van der Waals surface area (Å²) in [6.45, 7) is 3.80. The van der Waals surface area contributed by atoms with Crippen molar-refractivity contribution in [1.82, 2.24) is 9.78 Å². The molecule has 0 fully saturated rings. The molecule has 0 aromatic carbocycles. The van der Waals surface area contributed by atoms with Crippen LogP contribution < -0.4 is 11.1 Å². The Morgan fingerprint density at radius 3 is 2.69 bits per heavy atom. The first kappa shape index (κ1) is 9.85. The highest BCUT2D eigenvalue weighted by Gasteiger charge is 2.11. The zero-order valence-electron chi connectivity index (χ0n) is 8.20. The maximum atomic E-state index is 8.85. The molecule has 4 N–H and O–H groups in total. The molecular weight excluding hydrogens is 168 g/mol. The number of aliphatic hydroxyl groups is 1. The Labute approximate surface area is 77.5 Å². The molecule has 1 rings (SSSR count). The molecule has 0 saturated carbocycles. The molecule has 0 bridgehead atoms. The molecule has 0 radical (unpaired) electrons. The number of rotatable bonds is 3. The summed E-state index contributed by atoms with van der Waals surface area (Å²) in [6.07, 6.45) is 0. The van der Waals surface area contributed by atoms with Crippen LogP contribution in [0.25, 0.3) is 0 Å². The molecule has 5 nitrogen and oxygen atoms in total. The van der Waals surface area contributed by atoms with E-state index in [4.69, 9.17) is 10.8 Å². The van der Waals surface area contributed by atoms with Gasteiger partial charge < -0.3 is 16.2 Å². The van der Waals surface area contributed by atoms with E-state index in [2.05, 4.69) is 10.4 Å². The summed E-state index contributed by atoms with van der Waals surface area (Å²) < 4.78 is 1.68. The summed E-state index contributed by atoms with van der Waals surface area (Å²) in [5.74, 6) is 0.763. The minimum Gasteiger partial charge on any atom is -0.394 e. The first-order valence-corrected chi connectivity index (χ1v) is 4.22. The van der Waals surface area contributed by atoms with Gasteiger partial charge in [0, 0.05) is 13.1 Å². The number of hydrogen-bond donors (Lipinski definition) is 3. The third-order valence-corrected chi connectivity index (χ3v) is 1.93. The van der Waals surface area contributed by atoms with E-state index in [-0.39, 0.29) is 12.6 Å². The van der Waals surface area contributed by atoms with Crippen molar-refractivity contribution in [2.75, 3.05) is 17.7 Å². The number of nitrogen functional groups attached to an aromatic ring is 1. The van der Waals surface area contributed by atoms with Crippen molar-refractivity contribution in [2.45, 2.75) is 19.9 Å². The Morgan fingerprint density at radius 2 is 2.31 bits per heavy atom. The van der Waals surface area contributed by atoms with Crippen LogP contribution in [0.4, 0.5) is 11.5 Å². The van der Waals surface area contributed by atoms with Crippen molar-refractivity contribution in [3.63, 3.8) is 0 Å². The molecule has 0 spiro atoms. The predicted octanol–water partition coefficient (Wildman–Crippen LogP) is 0.103. The Bertz CT molecular complexity index is 295. The number of nitrogens with two attached hydrogens (primary N) is 1. The van der Waals surface area contributed by atoms with Gasteiger partial charge in [-0.2, -0.15) is 5.10 Å². The maximum absolute atomic E-state index is 8.85. The summed E-state index contributed by atoms with van der Waals surface area (Å²) in [5, 5.41) is 16.1. The van der Waals surface area contributed by atoms with E-state index in [0.29, 0.717) is 5.69 Å². The fraction of sp³-hybridized carbons (Fsp3) is 0.625. The number of aliphatic hydroxyl groups excluding tert-OH is 1. The molecule has 0 saturated heterocycles. The maximum Gasteiger partial charge on any atom is 0.148 e. The molecule has 0 aliphatic heterocycles. The highest BCUT2D eigenvalue weighted by molar-refractivity contribution is 5.64. The van der Waals surface area contributed by atoms with E-state index in [1.165, 1.54) is 0 Å². The molecule has 5 heteroatoms. The standard InChI is InChI=1S/C8H16N4O/c1-5(4-13)10-8-7(9)6(2)11-12(8)3/h5,10,13H,4,9H2,1-3H3. The summed E-state index contributed by atoms with van der Waals surface area (Å²) in [4.78, 5) is 0. The molecule has 0 aliphatic carbocycles. The monoisotopic (exact) mass is 184 g/mol. The summed E-state index contributed by atoms with van der Waals surface area (Å²) in [6, 6.07) is -0.0166. The quantitative estimate of drug-likeness (QED) is 0.623. The third-order valence-electron chi connectivity index (χ3n) is 1.93. The Balaban J connectivity index is 2.87. The summed E-state index contributed by atoms with van der Waals surface area (Å²) >= 11 is 0. The molecule has 1 atom stereocenters. The van der Waals surface area contributed by atoms with Gasteiger partial charge in [-0.3, -0.25) is 4.68 Å². The van der Waals surface area contributed by atoms with Crippen LogP contribution in [-0.2, 0) is 7.05 Å². The van der Waals surface area contributed by atoms with Gasteiger partial charge in [0.1, 0.15) is 5.82 Å². The lowest BCUT2D eigenvalue weighted by atomic mass is 10.3. The normalized spacial score (nSPS) is 12.9. The van der Waals surface area contributed by atoms with Crippen LogP contribution >= 0.6 is 0 Å². The van der Waals surface area contributed by atoms with Gasteiger partial charge in [-0.25, -0.2) is 0 Å². The van der Waals surface area contributed by atoms with Crippen molar-refractivity contribution < 1.29 is 5.11 Å². The van der Waals surface area contributed by atoms with Gasteiger partial charge >= 0.3 is 0 Å². The second-order valence-corrected chi connectivity index (χ2v) is 3.20. The fourth-order valence-corrected chi connectivity index (χ4v) is 1.12. The van der Waals surface area contributed by atoms with Crippen LogP contribution in [0.5, 0.6) is 0 Å². The Morgan fingerprint density at radius 1 is 1.69 bits per heavy atom. The smallest absolute Gasteiger partial charge is 0.148 e. The summed E-state index contributed by atoms with van der Waals surface area (Å²) in [7, 11) is 1.82. The van der Waals surface area contributed by atoms with E-state index in [1.54, 1.807) is 4.68 Å². The largest absolute Gasteiger partial charge is 0.394 e. The average Bonchev–Trinajstić information content (AvgIpc) is 2.32. The number of nitrogens with one attached hydrogen (secondary N) is 1. The van der Waals surface area contributed by atoms with E-state index >= 15 is 0 Å². The van der Waals surface area contributed by atoms with Gasteiger partial charge in [0.25, 0.3) is 0 Å². The molecule has 1 aromatic heterocycles. The minimum absolute atomic E-state index is 0.0166.